The molecular weight excluding hydrogens is 404 g/mol. The van der Waals surface area contributed by atoms with Gasteiger partial charge in [0.25, 0.3) is 5.91 Å². The lowest BCUT2D eigenvalue weighted by Gasteiger charge is -2.23. The number of aliphatic hydroxyl groups is 1. The fourth-order valence-electron chi connectivity index (χ4n) is 3.03. The highest BCUT2D eigenvalue weighted by atomic mass is 19.4. The zero-order valence-corrected chi connectivity index (χ0v) is 15.9. The van der Waals surface area contributed by atoms with Crippen molar-refractivity contribution in [3.05, 3.63) is 59.2 Å². The molecule has 1 unspecified atom stereocenters. The van der Waals surface area contributed by atoms with E-state index in [1.807, 2.05) is 0 Å². The molecule has 1 heterocycles. The number of alkyl halides is 3. The van der Waals surface area contributed by atoms with Crippen LogP contribution in [0.3, 0.4) is 0 Å². The van der Waals surface area contributed by atoms with Gasteiger partial charge >= 0.3 is 6.18 Å². The highest BCUT2D eigenvalue weighted by molar-refractivity contribution is 5.97. The Morgan fingerprint density at radius 2 is 2.00 bits per heavy atom. The first kappa shape index (κ1) is 21.3. The highest BCUT2D eigenvalue weighted by Gasteiger charge is 2.35. The number of hydrogen-bond donors (Lipinski definition) is 2. The zero-order valence-electron chi connectivity index (χ0n) is 15.9. The number of imidazole rings is 1. The van der Waals surface area contributed by atoms with Gasteiger partial charge in [0.05, 0.1) is 35.6 Å². The van der Waals surface area contributed by atoms with Gasteiger partial charge in [0.15, 0.2) is 5.60 Å². The van der Waals surface area contributed by atoms with Crippen LogP contribution >= 0.6 is 0 Å². The fourth-order valence-corrected chi connectivity index (χ4v) is 3.03. The SMILES string of the molecule is Cc1cc(F)c2c(c1)ncn2CC(C)(O)C(=O)Nc1ccc(C#N)c(C(F)(F)F)c1. The molecular formula is C20H16F4N4O2. The van der Waals surface area contributed by atoms with Crippen LogP contribution < -0.4 is 5.32 Å². The van der Waals surface area contributed by atoms with Crippen LogP contribution in [-0.4, -0.2) is 26.2 Å². The third kappa shape index (κ3) is 4.11. The third-order valence-corrected chi connectivity index (χ3v) is 4.48. The van der Waals surface area contributed by atoms with E-state index in [4.69, 9.17) is 5.26 Å². The maximum Gasteiger partial charge on any atom is 0.417 e. The second-order valence-electron chi connectivity index (χ2n) is 7.08. The van der Waals surface area contributed by atoms with Crippen LogP contribution in [-0.2, 0) is 17.5 Å². The third-order valence-electron chi connectivity index (χ3n) is 4.48. The molecule has 0 aliphatic heterocycles. The summed E-state index contributed by atoms with van der Waals surface area (Å²) in [5, 5.41) is 21.6. The van der Waals surface area contributed by atoms with Crippen LogP contribution in [0.1, 0.15) is 23.6 Å². The lowest BCUT2D eigenvalue weighted by atomic mass is 10.0. The summed E-state index contributed by atoms with van der Waals surface area (Å²) in [5.41, 5.74) is -3.07. The number of nitriles is 1. The van der Waals surface area contributed by atoms with E-state index in [1.54, 1.807) is 13.0 Å². The molecule has 1 amide bonds. The maximum absolute atomic E-state index is 14.3. The summed E-state index contributed by atoms with van der Waals surface area (Å²) in [5.74, 6) is -1.59. The van der Waals surface area contributed by atoms with E-state index in [0.717, 1.165) is 19.1 Å². The molecule has 156 valence electrons. The predicted octanol–water partition coefficient (Wildman–Crippen LogP) is 3.76. The number of benzene rings is 2. The number of aryl methyl sites for hydroxylation is 1. The Morgan fingerprint density at radius 1 is 1.30 bits per heavy atom. The van der Waals surface area contributed by atoms with Gasteiger partial charge in [0.1, 0.15) is 11.3 Å². The van der Waals surface area contributed by atoms with Crippen molar-refractivity contribution in [1.29, 1.82) is 5.26 Å². The number of aromatic nitrogens is 2. The van der Waals surface area contributed by atoms with Crippen LogP contribution in [0.5, 0.6) is 0 Å². The first-order valence-corrected chi connectivity index (χ1v) is 8.68. The Labute approximate surface area is 168 Å². The van der Waals surface area contributed by atoms with Crippen molar-refractivity contribution in [3.8, 4) is 6.07 Å². The Balaban J connectivity index is 1.86. The lowest BCUT2D eigenvalue weighted by molar-refractivity contribution is -0.138. The van der Waals surface area contributed by atoms with Crippen LogP contribution in [0.4, 0.5) is 23.2 Å². The van der Waals surface area contributed by atoms with E-state index < -0.39 is 41.2 Å². The first-order valence-electron chi connectivity index (χ1n) is 8.68. The van der Waals surface area contributed by atoms with Crippen LogP contribution in [0, 0.1) is 24.1 Å². The maximum atomic E-state index is 14.3. The predicted molar refractivity (Wildman–Crippen MR) is 99.8 cm³/mol. The molecule has 2 N–H and O–H groups in total. The van der Waals surface area contributed by atoms with Crippen molar-refractivity contribution < 1.29 is 27.5 Å². The second kappa shape index (κ2) is 7.42. The average Bonchev–Trinajstić information content (AvgIpc) is 3.03. The molecule has 3 rings (SSSR count). The van der Waals surface area contributed by atoms with Gasteiger partial charge in [-0.25, -0.2) is 9.37 Å². The summed E-state index contributed by atoms with van der Waals surface area (Å²) in [6.07, 6.45) is -3.53. The summed E-state index contributed by atoms with van der Waals surface area (Å²) in [4.78, 5) is 16.6. The Morgan fingerprint density at radius 3 is 2.63 bits per heavy atom. The summed E-state index contributed by atoms with van der Waals surface area (Å²) in [6.45, 7) is 2.45. The van der Waals surface area contributed by atoms with Crippen molar-refractivity contribution in [2.45, 2.75) is 32.2 Å². The summed E-state index contributed by atoms with van der Waals surface area (Å²) < 4.78 is 54.9. The Bertz CT molecular complexity index is 1180. The highest BCUT2D eigenvalue weighted by Crippen LogP contribution is 2.33. The van der Waals surface area contributed by atoms with Gasteiger partial charge in [-0.15, -0.1) is 0 Å². The van der Waals surface area contributed by atoms with Gasteiger partial charge in [0, 0.05) is 5.69 Å². The molecule has 1 atom stereocenters. The average molecular weight is 420 g/mol. The molecule has 2 aromatic carbocycles. The van der Waals surface area contributed by atoms with Crippen LogP contribution in [0.25, 0.3) is 11.0 Å². The van der Waals surface area contributed by atoms with Gasteiger partial charge in [0.2, 0.25) is 0 Å². The molecule has 3 aromatic rings. The smallest absolute Gasteiger partial charge is 0.378 e. The first-order chi connectivity index (χ1) is 13.9. The van der Waals surface area contributed by atoms with Gasteiger partial charge in [-0.2, -0.15) is 18.4 Å². The van der Waals surface area contributed by atoms with Crippen molar-refractivity contribution in [3.63, 3.8) is 0 Å². The largest absolute Gasteiger partial charge is 0.417 e. The van der Waals surface area contributed by atoms with E-state index >= 15 is 0 Å². The number of halogens is 4. The van der Waals surface area contributed by atoms with E-state index in [2.05, 4.69) is 10.3 Å². The Kier molecular flexibility index (Phi) is 5.26. The van der Waals surface area contributed by atoms with Crippen molar-refractivity contribution >= 4 is 22.6 Å². The molecule has 1 aromatic heterocycles. The van der Waals surface area contributed by atoms with Gasteiger partial charge in [-0.3, -0.25) is 4.79 Å². The molecule has 6 nitrogen and oxygen atoms in total. The van der Waals surface area contributed by atoms with E-state index in [0.29, 0.717) is 17.1 Å². The Hall–Kier alpha value is -3.45. The topological polar surface area (TPSA) is 90.9 Å². The van der Waals surface area contributed by atoms with Crippen molar-refractivity contribution in [2.75, 3.05) is 5.32 Å². The number of carbonyl (C=O) groups is 1. The number of nitrogens with one attached hydrogen (secondary N) is 1. The fraction of sp³-hybridized carbons (Fsp3) is 0.250. The molecule has 30 heavy (non-hydrogen) atoms. The van der Waals surface area contributed by atoms with Gasteiger partial charge in [-0.1, -0.05) is 0 Å². The minimum atomic E-state index is -4.79. The minimum Gasteiger partial charge on any atom is -0.378 e. The molecule has 0 aliphatic rings. The number of fused-ring (bicyclic) bond motifs is 1. The molecule has 0 spiro atoms. The monoisotopic (exact) mass is 420 g/mol. The summed E-state index contributed by atoms with van der Waals surface area (Å²) >= 11 is 0. The van der Waals surface area contributed by atoms with Crippen LogP contribution in [0.15, 0.2) is 36.7 Å². The standard InChI is InChI=1S/C20H16F4N4O2/c1-11-5-15(21)17-16(6-11)26-10-28(17)9-19(2,30)18(29)27-13-4-3-12(8-25)14(7-13)20(22,23)24/h3-7,10,30H,9H2,1-2H3,(H,27,29). The molecule has 0 radical (unpaired) electrons. The van der Waals surface area contributed by atoms with Gasteiger partial charge in [-0.05, 0) is 49.7 Å². The van der Waals surface area contributed by atoms with E-state index in [-0.39, 0.29) is 11.2 Å². The summed E-state index contributed by atoms with van der Waals surface area (Å²) in [6, 6.07) is 7.02. The molecule has 0 saturated carbocycles. The minimum absolute atomic E-state index is 0.0893. The van der Waals surface area contributed by atoms with E-state index in [9.17, 15) is 27.5 Å². The number of amides is 1. The quantitative estimate of drug-likeness (QED) is 0.629. The molecule has 0 saturated heterocycles. The zero-order chi connectivity index (χ0) is 22.3. The number of hydrogen-bond acceptors (Lipinski definition) is 4. The molecule has 10 heteroatoms. The number of nitrogens with zero attached hydrogens (tertiary/aromatic N) is 3. The number of carbonyl (C=O) groups excluding carboxylic acids is 1. The number of anilines is 1. The molecule has 0 fully saturated rings. The van der Waals surface area contributed by atoms with Gasteiger partial charge < -0.3 is 15.0 Å². The van der Waals surface area contributed by atoms with Crippen molar-refractivity contribution in [1.82, 2.24) is 9.55 Å². The van der Waals surface area contributed by atoms with Crippen molar-refractivity contribution in [2.24, 2.45) is 0 Å². The second-order valence-corrected chi connectivity index (χ2v) is 7.08. The van der Waals surface area contributed by atoms with Crippen LogP contribution in [0.2, 0.25) is 0 Å². The molecule has 0 aliphatic carbocycles. The lowest BCUT2D eigenvalue weighted by Crippen LogP contribution is -2.43. The normalized spacial score (nSPS) is 13.7. The van der Waals surface area contributed by atoms with E-state index in [1.165, 1.54) is 23.0 Å². The number of rotatable bonds is 4. The molecule has 0 bridgehead atoms. The summed E-state index contributed by atoms with van der Waals surface area (Å²) in [7, 11) is 0.